The fourth-order valence-corrected chi connectivity index (χ4v) is 6.56. The quantitative estimate of drug-likeness (QED) is 0.360. The van der Waals surface area contributed by atoms with Crippen LogP contribution in [-0.2, 0) is 10.0 Å². The number of aliphatic hydroxyl groups excluding tert-OH is 1. The number of likely N-dealkylation sites (tertiary alicyclic amines) is 1. The predicted octanol–water partition coefficient (Wildman–Crippen LogP) is 3.64. The van der Waals surface area contributed by atoms with Gasteiger partial charge in [-0.1, -0.05) is 18.2 Å². The highest BCUT2D eigenvalue weighted by Crippen LogP contribution is 2.35. The Morgan fingerprint density at radius 2 is 1.87 bits per heavy atom. The molecule has 1 N–H and O–H groups in total. The molecule has 3 aromatic heterocycles. The average Bonchev–Trinajstić information content (AvgIpc) is 3.69. The van der Waals surface area contributed by atoms with Gasteiger partial charge in [0.2, 0.25) is 0 Å². The summed E-state index contributed by atoms with van der Waals surface area (Å²) in [5.41, 5.74) is 2.43. The van der Waals surface area contributed by atoms with Crippen molar-refractivity contribution in [3.05, 3.63) is 90.0 Å². The highest BCUT2D eigenvalue weighted by molar-refractivity contribution is 7.90. The first-order valence-corrected chi connectivity index (χ1v) is 13.9. The van der Waals surface area contributed by atoms with Crippen LogP contribution in [0.4, 0.5) is 0 Å². The van der Waals surface area contributed by atoms with E-state index in [0.29, 0.717) is 52.9 Å². The first-order chi connectivity index (χ1) is 18.8. The number of benzene rings is 2. The van der Waals surface area contributed by atoms with Crippen molar-refractivity contribution in [2.45, 2.75) is 30.4 Å². The standard InChI is InChI=1S/C28H24N6O4S/c1-18(35)26-31-24-16-30-27-23(12-14-33(27)39(37,38)22-5-3-2-4-6-22)25(24)34(26)21-11-13-32(17-21)28(36)20-9-7-19(15-29)8-10-20/h2-10,12,14,16,18,21,35H,11,13,17H2,1H3/t18-,21?/m1/s1. The van der Waals surface area contributed by atoms with Crippen molar-refractivity contribution in [2.75, 3.05) is 13.1 Å². The van der Waals surface area contributed by atoms with E-state index in [2.05, 4.69) is 16.0 Å². The SMILES string of the molecule is C[C@@H](O)c1nc2cnc3c(ccn3S(=O)(=O)c3ccccc3)c2n1C1CCN(C(=O)c2ccc(C#N)cc2)C1. The Bertz CT molecular complexity index is 1870. The molecule has 1 aliphatic rings. The van der Waals surface area contributed by atoms with Gasteiger partial charge in [-0.3, -0.25) is 4.79 Å². The van der Waals surface area contributed by atoms with E-state index in [1.807, 2.05) is 4.57 Å². The molecule has 6 rings (SSSR count). The summed E-state index contributed by atoms with van der Waals surface area (Å²) in [6.45, 7) is 2.51. The van der Waals surface area contributed by atoms with Gasteiger partial charge in [0.25, 0.3) is 15.9 Å². The summed E-state index contributed by atoms with van der Waals surface area (Å²) in [5.74, 6) is 0.285. The maximum atomic E-state index is 13.4. The van der Waals surface area contributed by atoms with Gasteiger partial charge in [0.15, 0.2) is 5.65 Å². The molecule has 10 nitrogen and oxygen atoms in total. The molecule has 5 aromatic rings. The second-order valence-electron chi connectivity index (χ2n) is 9.56. The molecule has 4 heterocycles. The molecule has 1 amide bonds. The largest absolute Gasteiger partial charge is 0.385 e. The molecule has 196 valence electrons. The van der Waals surface area contributed by atoms with Crippen LogP contribution in [0.15, 0.2) is 78.0 Å². The minimum Gasteiger partial charge on any atom is -0.385 e. The Morgan fingerprint density at radius 3 is 2.56 bits per heavy atom. The van der Waals surface area contributed by atoms with Crippen LogP contribution >= 0.6 is 0 Å². The zero-order valence-electron chi connectivity index (χ0n) is 21.0. The second kappa shape index (κ2) is 9.34. The molecule has 0 saturated carbocycles. The van der Waals surface area contributed by atoms with E-state index in [4.69, 9.17) is 5.26 Å². The molecule has 2 aromatic carbocycles. The normalized spacial score (nSPS) is 16.5. The number of hydrogen-bond acceptors (Lipinski definition) is 7. The second-order valence-corrected chi connectivity index (χ2v) is 11.4. The lowest BCUT2D eigenvalue weighted by atomic mass is 10.1. The van der Waals surface area contributed by atoms with E-state index in [0.717, 1.165) is 3.97 Å². The summed E-state index contributed by atoms with van der Waals surface area (Å²) in [5, 5.41) is 20.2. The predicted molar refractivity (Wildman–Crippen MR) is 143 cm³/mol. The zero-order valence-corrected chi connectivity index (χ0v) is 21.8. The molecule has 1 saturated heterocycles. The molecule has 1 fully saturated rings. The number of nitriles is 1. The number of carbonyl (C=O) groups excluding carboxylic acids is 1. The molecule has 11 heteroatoms. The van der Waals surface area contributed by atoms with Gasteiger partial charge in [-0.2, -0.15) is 5.26 Å². The lowest BCUT2D eigenvalue weighted by molar-refractivity contribution is 0.0787. The summed E-state index contributed by atoms with van der Waals surface area (Å²) in [7, 11) is -3.89. The third-order valence-corrected chi connectivity index (χ3v) is 8.79. The molecule has 39 heavy (non-hydrogen) atoms. The van der Waals surface area contributed by atoms with Crippen molar-refractivity contribution < 1.29 is 18.3 Å². The van der Waals surface area contributed by atoms with Crippen LogP contribution in [-0.4, -0.2) is 55.9 Å². The highest BCUT2D eigenvalue weighted by atomic mass is 32.2. The Hall–Kier alpha value is -4.53. The Labute approximate surface area is 224 Å². The third kappa shape index (κ3) is 4.05. The van der Waals surface area contributed by atoms with Gasteiger partial charge < -0.3 is 14.6 Å². The van der Waals surface area contributed by atoms with Crippen molar-refractivity contribution >= 4 is 38.0 Å². The number of hydrogen-bond donors (Lipinski definition) is 1. The van der Waals surface area contributed by atoms with Crippen molar-refractivity contribution in [3.8, 4) is 6.07 Å². The minimum atomic E-state index is -3.89. The summed E-state index contributed by atoms with van der Waals surface area (Å²) in [4.78, 5) is 24.2. The van der Waals surface area contributed by atoms with Gasteiger partial charge in [0.1, 0.15) is 17.4 Å². The number of aliphatic hydroxyl groups is 1. The molecule has 0 spiro atoms. The van der Waals surface area contributed by atoms with E-state index in [-0.39, 0.29) is 22.5 Å². The Balaban J connectivity index is 1.43. The lowest BCUT2D eigenvalue weighted by Crippen LogP contribution is -2.29. The number of rotatable bonds is 5. The summed E-state index contributed by atoms with van der Waals surface area (Å²) < 4.78 is 29.9. The summed E-state index contributed by atoms with van der Waals surface area (Å²) >= 11 is 0. The van der Waals surface area contributed by atoms with Gasteiger partial charge >= 0.3 is 0 Å². The van der Waals surface area contributed by atoms with Gasteiger partial charge in [0, 0.05) is 30.2 Å². The van der Waals surface area contributed by atoms with Gasteiger partial charge in [0.05, 0.1) is 34.3 Å². The first kappa shape index (κ1) is 24.8. The Kier molecular flexibility index (Phi) is 5.94. The number of imidazole rings is 1. The van der Waals surface area contributed by atoms with Crippen molar-refractivity contribution in [1.29, 1.82) is 5.26 Å². The number of nitrogens with zero attached hydrogens (tertiary/aromatic N) is 6. The van der Waals surface area contributed by atoms with Gasteiger partial charge in [-0.05, 0) is 55.8 Å². The van der Waals surface area contributed by atoms with E-state index in [1.165, 1.54) is 24.5 Å². The van der Waals surface area contributed by atoms with Crippen LogP contribution in [0, 0.1) is 11.3 Å². The van der Waals surface area contributed by atoms with Crippen LogP contribution in [0.1, 0.15) is 47.2 Å². The molecule has 1 unspecified atom stereocenters. The van der Waals surface area contributed by atoms with E-state index >= 15 is 0 Å². The minimum absolute atomic E-state index is 0.142. The van der Waals surface area contributed by atoms with Gasteiger partial charge in [-0.25, -0.2) is 22.4 Å². The monoisotopic (exact) mass is 540 g/mol. The Morgan fingerprint density at radius 1 is 1.13 bits per heavy atom. The molecule has 1 aliphatic heterocycles. The van der Waals surface area contributed by atoms with Crippen molar-refractivity contribution in [1.82, 2.24) is 23.4 Å². The molecule has 2 atom stereocenters. The summed E-state index contributed by atoms with van der Waals surface area (Å²) in [6.07, 6.45) is 2.73. The number of carbonyl (C=O) groups is 1. The van der Waals surface area contributed by atoms with E-state index in [1.54, 1.807) is 60.4 Å². The number of fused-ring (bicyclic) bond motifs is 3. The number of pyridine rings is 1. The maximum Gasteiger partial charge on any atom is 0.269 e. The van der Waals surface area contributed by atoms with Crippen LogP contribution in [0.5, 0.6) is 0 Å². The number of amides is 1. The van der Waals surface area contributed by atoms with Crippen LogP contribution < -0.4 is 0 Å². The first-order valence-electron chi connectivity index (χ1n) is 12.5. The van der Waals surface area contributed by atoms with E-state index in [9.17, 15) is 18.3 Å². The maximum absolute atomic E-state index is 13.4. The topological polar surface area (TPSA) is 134 Å². The summed E-state index contributed by atoms with van der Waals surface area (Å²) in [6, 6.07) is 18.2. The fraction of sp³-hybridized carbons (Fsp3) is 0.214. The zero-order chi connectivity index (χ0) is 27.3. The van der Waals surface area contributed by atoms with Crippen molar-refractivity contribution in [2.24, 2.45) is 0 Å². The van der Waals surface area contributed by atoms with Crippen LogP contribution in [0.2, 0.25) is 0 Å². The van der Waals surface area contributed by atoms with Gasteiger partial charge in [-0.15, -0.1) is 0 Å². The lowest BCUT2D eigenvalue weighted by Gasteiger charge is -2.20. The fourth-order valence-electron chi connectivity index (χ4n) is 5.24. The average molecular weight is 541 g/mol. The van der Waals surface area contributed by atoms with Crippen LogP contribution in [0.25, 0.3) is 22.1 Å². The number of aromatic nitrogens is 4. The molecule has 0 aliphatic carbocycles. The smallest absolute Gasteiger partial charge is 0.269 e. The van der Waals surface area contributed by atoms with E-state index < -0.39 is 16.1 Å². The third-order valence-electron chi connectivity index (χ3n) is 7.11. The molecular formula is C28H24N6O4S. The van der Waals surface area contributed by atoms with Crippen molar-refractivity contribution in [3.63, 3.8) is 0 Å². The highest BCUT2D eigenvalue weighted by Gasteiger charge is 2.33. The van der Waals surface area contributed by atoms with Crippen LogP contribution in [0.3, 0.4) is 0 Å². The molecule has 0 bridgehead atoms. The molecular weight excluding hydrogens is 516 g/mol. The molecule has 0 radical (unpaired) electrons.